The Morgan fingerprint density at radius 1 is 1.15 bits per heavy atom. The summed E-state index contributed by atoms with van der Waals surface area (Å²) in [6, 6.07) is 13.6. The van der Waals surface area contributed by atoms with Crippen LogP contribution in [0.4, 0.5) is 0 Å². The first kappa shape index (κ1) is 15.4. The maximum Gasteiger partial charge on any atom is 0.276 e. The number of benzene rings is 1. The third kappa shape index (κ3) is 2.92. The molecule has 1 unspecified atom stereocenters. The second-order valence-corrected chi connectivity index (χ2v) is 7.01. The normalized spacial score (nSPS) is 19.8. The van der Waals surface area contributed by atoms with E-state index in [-0.39, 0.29) is 12.0 Å². The molecule has 0 spiro atoms. The van der Waals surface area contributed by atoms with Gasteiger partial charge in [-0.2, -0.15) is 0 Å². The van der Waals surface area contributed by atoms with E-state index in [0.717, 1.165) is 35.9 Å². The van der Waals surface area contributed by atoms with Gasteiger partial charge in [0.1, 0.15) is 11.9 Å². The van der Waals surface area contributed by atoms with Crippen molar-refractivity contribution in [2.45, 2.75) is 31.3 Å². The predicted molar refractivity (Wildman–Crippen MR) is 95.2 cm³/mol. The number of amides is 1. The first-order chi connectivity index (χ1) is 12.8. The van der Waals surface area contributed by atoms with Crippen LogP contribution in [0.1, 0.15) is 41.4 Å². The van der Waals surface area contributed by atoms with Gasteiger partial charge in [-0.15, -0.1) is 0 Å². The molecule has 2 fully saturated rings. The Bertz CT molecular complexity index is 964. The summed E-state index contributed by atoms with van der Waals surface area (Å²) in [6.07, 6.45) is 2.98. The average Bonchev–Trinajstić information content (AvgIpc) is 3.22. The van der Waals surface area contributed by atoms with E-state index in [4.69, 9.17) is 9.26 Å². The lowest BCUT2D eigenvalue weighted by molar-refractivity contribution is 0.0761. The van der Waals surface area contributed by atoms with Crippen LogP contribution in [0, 0.1) is 0 Å². The minimum absolute atomic E-state index is 0.0533. The van der Waals surface area contributed by atoms with Crippen molar-refractivity contribution in [1.29, 1.82) is 0 Å². The van der Waals surface area contributed by atoms with E-state index in [1.807, 2.05) is 36.4 Å². The van der Waals surface area contributed by atoms with E-state index in [1.165, 1.54) is 0 Å². The van der Waals surface area contributed by atoms with E-state index in [0.29, 0.717) is 30.6 Å². The molecule has 0 N–H and O–H groups in total. The van der Waals surface area contributed by atoms with Gasteiger partial charge in [0.25, 0.3) is 5.91 Å². The summed E-state index contributed by atoms with van der Waals surface area (Å²) < 4.78 is 11.3. The van der Waals surface area contributed by atoms with Crippen LogP contribution in [0.25, 0.3) is 10.9 Å². The number of para-hydroxylation sites is 1. The minimum Gasteiger partial charge on any atom is -0.472 e. The SMILES string of the molecule is O=C(c1cc(C2CC2)on1)N1CCC(Oc2ccc3ccccc3n2)C1. The van der Waals surface area contributed by atoms with Crippen molar-refractivity contribution in [3.05, 3.63) is 53.9 Å². The number of hydrogen-bond donors (Lipinski definition) is 0. The molecule has 26 heavy (non-hydrogen) atoms. The lowest BCUT2D eigenvalue weighted by Gasteiger charge is -2.15. The fraction of sp³-hybridized carbons (Fsp3) is 0.350. The van der Waals surface area contributed by atoms with Gasteiger partial charge >= 0.3 is 0 Å². The van der Waals surface area contributed by atoms with Crippen LogP contribution in [-0.4, -0.2) is 40.1 Å². The van der Waals surface area contributed by atoms with Crippen molar-refractivity contribution >= 4 is 16.8 Å². The summed E-state index contributed by atoms with van der Waals surface area (Å²) in [5, 5.41) is 5.03. The zero-order valence-electron chi connectivity index (χ0n) is 14.3. The number of aromatic nitrogens is 2. The van der Waals surface area contributed by atoms with Gasteiger partial charge in [-0.3, -0.25) is 4.79 Å². The largest absolute Gasteiger partial charge is 0.472 e. The molecule has 0 bridgehead atoms. The molecule has 3 aromatic rings. The molecule has 3 heterocycles. The molecule has 1 atom stereocenters. The van der Waals surface area contributed by atoms with Gasteiger partial charge in [0.05, 0.1) is 12.1 Å². The van der Waals surface area contributed by atoms with Gasteiger partial charge in [0.2, 0.25) is 5.88 Å². The number of pyridine rings is 1. The Labute approximate surface area is 150 Å². The van der Waals surface area contributed by atoms with Crippen molar-refractivity contribution in [2.24, 2.45) is 0 Å². The molecule has 0 radical (unpaired) electrons. The van der Waals surface area contributed by atoms with Crippen molar-refractivity contribution in [2.75, 3.05) is 13.1 Å². The molecule has 5 rings (SSSR count). The Morgan fingerprint density at radius 2 is 2.04 bits per heavy atom. The van der Waals surface area contributed by atoms with Crippen LogP contribution >= 0.6 is 0 Å². The molecule has 2 aromatic heterocycles. The first-order valence-corrected chi connectivity index (χ1v) is 9.04. The Hall–Kier alpha value is -2.89. The van der Waals surface area contributed by atoms with E-state index in [1.54, 1.807) is 11.0 Å². The zero-order valence-corrected chi connectivity index (χ0v) is 14.3. The molecule has 1 aliphatic carbocycles. The summed E-state index contributed by atoms with van der Waals surface area (Å²) in [6.45, 7) is 1.20. The van der Waals surface area contributed by atoms with Crippen LogP contribution < -0.4 is 4.74 Å². The highest BCUT2D eigenvalue weighted by Crippen LogP contribution is 2.40. The smallest absolute Gasteiger partial charge is 0.276 e. The topological polar surface area (TPSA) is 68.5 Å². The van der Waals surface area contributed by atoms with Crippen molar-refractivity contribution in [3.63, 3.8) is 0 Å². The van der Waals surface area contributed by atoms with E-state index in [2.05, 4.69) is 10.1 Å². The van der Waals surface area contributed by atoms with E-state index < -0.39 is 0 Å². The molecule has 132 valence electrons. The highest BCUT2D eigenvalue weighted by atomic mass is 16.5. The Morgan fingerprint density at radius 3 is 2.92 bits per heavy atom. The fourth-order valence-corrected chi connectivity index (χ4v) is 3.40. The number of ether oxygens (including phenoxy) is 1. The molecule has 1 aromatic carbocycles. The molecule has 1 amide bonds. The number of nitrogens with zero attached hydrogens (tertiary/aromatic N) is 3. The Balaban J connectivity index is 1.25. The number of likely N-dealkylation sites (tertiary alicyclic amines) is 1. The van der Waals surface area contributed by atoms with Crippen molar-refractivity contribution in [1.82, 2.24) is 15.0 Å². The molecule has 6 nitrogen and oxygen atoms in total. The maximum absolute atomic E-state index is 12.6. The molecular formula is C20H19N3O3. The van der Waals surface area contributed by atoms with Gasteiger partial charge in [0.15, 0.2) is 5.69 Å². The monoisotopic (exact) mass is 349 g/mol. The predicted octanol–water partition coefficient (Wildman–Crippen LogP) is 3.39. The average molecular weight is 349 g/mol. The zero-order chi connectivity index (χ0) is 17.5. The number of carbonyl (C=O) groups excluding carboxylic acids is 1. The van der Waals surface area contributed by atoms with Gasteiger partial charge in [-0.25, -0.2) is 4.98 Å². The lowest BCUT2D eigenvalue weighted by atomic mass is 10.2. The summed E-state index contributed by atoms with van der Waals surface area (Å²) in [7, 11) is 0. The summed E-state index contributed by atoms with van der Waals surface area (Å²) >= 11 is 0. The van der Waals surface area contributed by atoms with Crippen LogP contribution in [0.15, 0.2) is 47.0 Å². The van der Waals surface area contributed by atoms with Gasteiger partial charge in [0, 0.05) is 36.4 Å². The van der Waals surface area contributed by atoms with Crippen LogP contribution in [0.2, 0.25) is 0 Å². The molecule has 1 saturated heterocycles. The summed E-state index contributed by atoms with van der Waals surface area (Å²) in [5.41, 5.74) is 1.31. The van der Waals surface area contributed by atoms with Crippen molar-refractivity contribution in [3.8, 4) is 5.88 Å². The van der Waals surface area contributed by atoms with E-state index >= 15 is 0 Å². The van der Waals surface area contributed by atoms with Gasteiger partial charge in [-0.05, 0) is 25.0 Å². The minimum atomic E-state index is -0.0850. The van der Waals surface area contributed by atoms with Crippen LogP contribution in [0.5, 0.6) is 5.88 Å². The second kappa shape index (κ2) is 6.12. The standard InChI is InChI=1S/C20H19N3O3/c24-20(17-11-18(26-22-17)14-5-6-14)23-10-9-15(12-23)25-19-8-7-13-3-1-2-4-16(13)21-19/h1-4,7-8,11,14-15H,5-6,9-10,12H2. The highest BCUT2D eigenvalue weighted by molar-refractivity contribution is 5.92. The van der Waals surface area contributed by atoms with Crippen LogP contribution in [-0.2, 0) is 0 Å². The fourth-order valence-electron chi connectivity index (χ4n) is 3.40. The van der Waals surface area contributed by atoms with Crippen molar-refractivity contribution < 1.29 is 14.1 Å². The molecule has 1 aliphatic heterocycles. The summed E-state index contributed by atoms with van der Waals surface area (Å²) in [5.74, 6) is 1.80. The number of carbonyl (C=O) groups is 1. The van der Waals surface area contributed by atoms with Crippen LogP contribution in [0.3, 0.4) is 0 Å². The first-order valence-electron chi connectivity index (χ1n) is 9.04. The number of fused-ring (bicyclic) bond motifs is 1. The molecular weight excluding hydrogens is 330 g/mol. The third-order valence-corrected chi connectivity index (χ3v) is 5.02. The van der Waals surface area contributed by atoms with Gasteiger partial charge in [-0.1, -0.05) is 23.4 Å². The molecule has 2 aliphatic rings. The van der Waals surface area contributed by atoms with E-state index in [9.17, 15) is 4.79 Å². The maximum atomic E-state index is 12.6. The molecule has 6 heteroatoms. The number of rotatable bonds is 4. The highest BCUT2D eigenvalue weighted by Gasteiger charge is 2.33. The molecule has 1 saturated carbocycles. The quantitative estimate of drug-likeness (QED) is 0.722. The lowest BCUT2D eigenvalue weighted by Crippen LogP contribution is -2.31. The number of hydrogen-bond acceptors (Lipinski definition) is 5. The van der Waals surface area contributed by atoms with Gasteiger partial charge < -0.3 is 14.2 Å². The third-order valence-electron chi connectivity index (χ3n) is 5.02. The summed E-state index contributed by atoms with van der Waals surface area (Å²) in [4.78, 5) is 18.9. The Kier molecular flexibility index (Phi) is 3.62. The second-order valence-electron chi connectivity index (χ2n) is 7.01.